The maximum Gasteiger partial charge on any atom is 0.490 e. The molecule has 1 aromatic rings. The van der Waals surface area contributed by atoms with Crippen LogP contribution in [0, 0.1) is 0 Å². The number of rotatable bonds is 1. The van der Waals surface area contributed by atoms with E-state index in [0.717, 1.165) is 5.69 Å². The van der Waals surface area contributed by atoms with Crippen molar-refractivity contribution in [3.63, 3.8) is 0 Å². The van der Waals surface area contributed by atoms with Gasteiger partial charge in [-0.1, -0.05) is 0 Å². The van der Waals surface area contributed by atoms with Crippen LogP contribution in [0.4, 0.5) is 18.9 Å². The lowest BCUT2D eigenvalue weighted by molar-refractivity contribution is -0.192. The standard InChI is InChI=1S/C4H8N4.C2HF3O2/c1-8-3-4(7-5)2-6-8;3-2(4,5)1(6)7/h2-3,7H,5H2,1H3;(H,6,7). The van der Waals surface area contributed by atoms with E-state index in [2.05, 4.69) is 10.5 Å². The molecule has 0 bridgehead atoms. The first-order valence-electron chi connectivity index (χ1n) is 3.52. The van der Waals surface area contributed by atoms with Crippen LogP contribution in [0.3, 0.4) is 0 Å². The average Bonchev–Trinajstić information content (AvgIpc) is 2.50. The van der Waals surface area contributed by atoms with Crippen LogP contribution in [0.25, 0.3) is 0 Å². The van der Waals surface area contributed by atoms with Gasteiger partial charge in [0.15, 0.2) is 0 Å². The molecule has 1 rings (SSSR count). The van der Waals surface area contributed by atoms with Crippen molar-refractivity contribution in [3.05, 3.63) is 12.4 Å². The lowest BCUT2D eigenvalue weighted by atomic mass is 10.6. The number of aliphatic carboxylic acids is 1. The molecule has 9 heteroatoms. The minimum atomic E-state index is -5.08. The minimum absolute atomic E-state index is 0.826. The average molecular weight is 226 g/mol. The van der Waals surface area contributed by atoms with Crippen LogP contribution < -0.4 is 11.3 Å². The van der Waals surface area contributed by atoms with Crippen molar-refractivity contribution in [1.29, 1.82) is 0 Å². The van der Waals surface area contributed by atoms with Crippen molar-refractivity contribution >= 4 is 11.7 Å². The maximum absolute atomic E-state index is 10.6. The minimum Gasteiger partial charge on any atom is -0.475 e. The van der Waals surface area contributed by atoms with Gasteiger partial charge in [0.1, 0.15) is 0 Å². The van der Waals surface area contributed by atoms with Crippen LogP contribution in [-0.4, -0.2) is 27.0 Å². The number of nitrogens with zero attached hydrogens (tertiary/aromatic N) is 2. The highest BCUT2D eigenvalue weighted by Crippen LogP contribution is 2.13. The molecule has 1 heterocycles. The summed E-state index contributed by atoms with van der Waals surface area (Å²) in [7, 11) is 1.83. The lowest BCUT2D eigenvalue weighted by Crippen LogP contribution is -2.21. The Morgan fingerprint density at radius 2 is 2.13 bits per heavy atom. The zero-order valence-electron chi connectivity index (χ0n) is 7.62. The molecule has 0 spiro atoms. The Bertz CT molecular complexity index is 322. The molecule has 1 aromatic heterocycles. The predicted octanol–water partition coefficient (Wildman–Crippen LogP) is 0.339. The number of nitrogens with one attached hydrogen (secondary N) is 1. The fourth-order valence-electron chi connectivity index (χ4n) is 0.496. The molecule has 0 aliphatic heterocycles. The lowest BCUT2D eigenvalue weighted by Gasteiger charge is -1.93. The number of aromatic nitrogens is 2. The number of hydrogen-bond acceptors (Lipinski definition) is 4. The Hall–Kier alpha value is -1.77. The molecular formula is C6H9F3N4O2. The third kappa shape index (κ3) is 5.52. The van der Waals surface area contributed by atoms with Crippen LogP contribution in [0.15, 0.2) is 12.4 Å². The van der Waals surface area contributed by atoms with Gasteiger partial charge in [0.05, 0.1) is 11.9 Å². The van der Waals surface area contributed by atoms with Gasteiger partial charge in [-0.05, 0) is 0 Å². The Kier molecular flexibility index (Phi) is 4.58. The van der Waals surface area contributed by atoms with Crippen molar-refractivity contribution in [1.82, 2.24) is 9.78 Å². The quantitative estimate of drug-likeness (QED) is 0.474. The summed E-state index contributed by atoms with van der Waals surface area (Å²) < 4.78 is 33.4. The van der Waals surface area contributed by atoms with Gasteiger partial charge in [0, 0.05) is 13.2 Å². The molecule has 0 saturated carbocycles. The Morgan fingerprint density at radius 3 is 2.27 bits per heavy atom. The van der Waals surface area contributed by atoms with Crippen molar-refractivity contribution in [2.75, 3.05) is 5.43 Å². The molecule has 0 atom stereocenters. The number of hydrazine groups is 1. The molecule has 0 saturated heterocycles. The number of carboxylic acids is 1. The van der Waals surface area contributed by atoms with Gasteiger partial charge in [-0.15, -0.1) is 0 Å². The predicted molar refractivity (Wildman–Crippen MR) is 44.7 cm³/mol. The second-order valence-corrected chi connectivity index (χ2v) is 2.35. The van der Waals surface area contributed by atoms with Gasteiger partial charge < -0.3 is 10.5 Å². The van der Waals surface area contributed by atoms with Gasteiger partial charge in [0.2, 0.25) is 0 Å². The van der Waals surface area contributed by atoms with Crippen molar-refractivity contribution in [2.45, 2.75) is 6.18 Å². The summed E-state index contributed by atoms with van der Waals surface area (Å²) in [6.45, 7) is 0. The molecule has 0 unspecified atom stereocenters. The summed E-state index contributed by atoms with van der Waals surface area (Å²) in [5.74, 6) is 2.30. The van der Waals surface area contributed by atoms with Crippen LogP contribution >= 0.6 is 0 Å². The zero-order chi connectivity index (χ0) is 12.1. The molecule has 15 heavy (non-hydrogen) atoms. The normalized spacial score (nSPS) is 10.2. The highest BCUT2D eigenvalue weighted by Gasteiger charge is 2.38. The first-order valence-corrected chi connectivity index (χ1v) is 3.52. The van der Waals surface area contributed by atoms with Crippen LogP contribution in [-0.2, 0) is 11.8 Å². The highest BCUT2D eigenvalue weighted by molar-refractivity contribution is 5.73. The Labute approximate surface area is 82.5 Å². The third-order valence-corrected chi connectivity index (χ3v) is 1.11. The van der Waals surface area contributed by atoms with E-state index in [-0.39, 0.29) is 0 Å². The first kappa shape index (κ1) is 13.2. The molecule has 0 aliphatic rings. The first-order chi connectivity index (χ1) is 6.77. The zero-order valence-corrected chi connectivity index (χ0v) is 7.62. The summed E-state index contributed by atoms with van der Waals surface area (Å²) in [4.78, 5) is 8.90. The van der Waals surface area contributed by atoms with Crippen LogP contribution in [0.1, 0.15) is 0 Å². The van der Waals surface area contributed by atoms with Crippen molar-refractivity contribution in [3.8, 4) is 0 Å². The topological polar surface area (TPSA) is 93.2 Å². The fourth-order valence-corrected chi connectivity index (χ4v) is 0.496. The van der Waals surface area contributed by atoms with E-state index >= 15 is 0 Å². The van der Waals surface area contributed by atoms with Gasteiger partial charge in [0.25, 0.3) is 0 Å². The van der Waals surface area contributed by atoms with E-state index < -0.39 is 12.1 Å². The van der Waals surface area contributed by atoms with Gasteiger partial charge in [-0.2, -0.15) is 18.3 Å². The van der Waals surface area contributed by atoms with Gasteiger partial charge >= 0.3 is 12.1 Å². The second kappa shape index (κ2) is 5.20. The summed E-state index contributed by atoms with van der Waals surface area (Å²) in [6.07, 6.45) is -1.64. The van der Waals surface area contributed by atoms with Crippen molar-refractivity contribution in [2.24, 2.45) is 12.9 Å². The van der Waals surface area contributed by atoms with E-state index in [0.29, 0.717) is 0 Å². The Morgan fingerprint density at radius 1 is 1.67 bits per heavy atom. The largest absolute Gasteiger partial charge is 0.490 e. The number of carbonyl (C=O) groups is 1. The number of nitrogen functional groups attached to an aromatic ring is 1. The number of nitrogens with two attached hydrogens (primary N) is 1. The van der Waals surface area contributed by atoms with Crippen molar-refractivity contribution < 1.29 is 23.1 Å². The maximum atomic E-state index is 10.6. The summed E-state index contributed by atoms with van der Waals surface area (Å²) in [5, 5.41) is 11.0. The van der Waals surface area contributed by atoms with E-state index in [9.17, 15) is 13.2 Å². The molecule has 0 aromatic carbocycles. The molecule has 4 N–H and O–H groups in total. The summed E-state index contributed by atoms with van der Waals surface area (Å²) in [6, 6.07) is 0. The molecule has 0 aliphatic carbocycles. The van der Waals surface area contributed by atoms with Crippen LogP contribution in [0.2, 0.25) is 0 Å². The molecule has 6 nitrogen and oxygen atoms in total. The number of carboxylic acid groups (broad SMARTS) is 1. The SMILES string of the molecule is Cn1cc(NN)cn1.O=C(O)C(F)(F)F. The molecule has 0 radical (unpaired) electrons. The molecule has 0 amide bonds. The number of anilines is 1. The van der Waals surface area contributed by atoms with E-state index in [4.69, 9.17) is 15.7 Å². The monoisotopic (exact) mass is 226 g/mol. The fraction of sp³-hybridized carbons (Fsp3) is 0.333. The second-order valence-electron chi connectivity index (χ2n) is 2.35. The van der Waals surface area contributed by atoms with Gasteiger partial charge in [-0.25, -0.2) is 4.79 Å². The Balaban J connectivity index is 0.000000265. The number of halogens is 3. The van der Waals surface area contributed by atoms with E-state index in [1.807, 2.05) is 7.05 Å². The number of aryl methyl sites for hydroxylation is 1. The number of hydrogen-bond donors (Lipinski definition) is 3. The molecular weight excluding hydrogens is 217 g/mol. The highest BCUT2D eigenvalue weighted by atomic mass is 19.4. The van der Waals surface area contributed by atoms with E-state index in [1.165, 1.54) is 0 Å². The molecule has 0 fully saturated rings. The smallest absolute Gasteiger partial charge is 0.475 e. The van der Waals surface area contributed by atoms with E-state index in [1.54, 1.807) is 17.1 Å². The van der Waals surface area contributed by atoms with Crippen LogP contribution in [0.5, 0.6) is 0 Å². The van der Waals surface area contributed by atoms with Gasteiger partial charge in [-0.3, -0.25) is 10.5 Å². The summed E-state index contributed by atoms with van der Waals surface area (Å²) in [5.41, 5.74) is 3.29. The summed E-state index contributed by atoms with van der Waals surface area (Å²) >= 11 is 0. The third-order valence-electron chi connectivity index (χ3n) is 1.11. The molecule has 86 valence electrons. The number of alkyl halides is 3.